The predicted molar refractivity (Wildman–Crippen MR) is 100 cm³/mol. The Labute approximate surface area is 152 Å². The lowest BCUT2D eigenvalue weighted by molar-refractivity contribution is -0.118. The third kappa shape index (κ3) is 5.07. The monoisotopic (exact) mass is 375 g/mol. The molecule has 3 aromatic rings. The van der Waals surface area contributed by atoms with Crippen LogP contribution in [0.2, 0.25) is 0 Å². The van der Waals surface area contributed by atoms with Crippen LogP contribution in [0.5, 0.6) is 5.75 Å². The highest BCUT2D eigenvalue weighted by atomic mass is 32.2. The Hall–Kier alpha value is -2.32. The van der Waals surface area contributed by atoms with Crippen LogP contribution in [0, 0.1) is 0 Å². The normalized spacial score (nSPS) is 10.7. The largest absolute Gasteiger partial charge is 0.492 e. The zero-order chi connectivity index (χ0) is 17.5. The summed E-state index contributed by atoms with van der Waals surface area (Å²) < 4.78 is 7.02. The molecule has 130 valence electrons. The van der Waals surface area contributed by atoms with Gasteiger partial charge in [0.05, 0.1) is 18.0 Å². The van der Waals surface area contributed by atoms with Crippen molar-refractivity contribution in [3.05, 3.63) is 64.0 Å². The molecule has 0 aliphatic carbocycles. The van der Waals surface area contributed by atoms with E-state index in [1.807, 2.05) is 35.7 Å². The van der Waals surface area contributed by atoms with E-state index >= 15 is 0 Å². The smallest absolute Gasteiger partial charge is 0.258 e. The molecular weight excluding hydrogens is 358 g/mol. The van der Waals surface area contributed by atoms with Crippen molar-refractivity contribution in [1.29, 1.82) is 0 Å². The highest BCUT2D eigenvalue weighted by Crippen LogP contribution is 2.12. The molecule has 0 spiro atoms. The number of carbonyl (C=O) groups excluding carboxylic acids is 1. The molecule has 0 unspecified atom stereocenters. The van der Waals surface area contributed by atoms with Gasteiger partial charge in [-0.15, -0.1) is 23.1 Å². The number of amides is 1. The first kappa shape index (κ1) is 17.5. The van der Waals surface area contributed by atoms with E-state index in [4.69, 9.17) is 4.74 Å². The van der Waals surface area contributed by atoms with Crippen LogP contribution in [-0.4, -0.2) is 34.2 Å². The maximum absolute atomic E-state index is 11.9. The van der Waals surface area contributed by atoms with Gasteiger partial charge >= 0.3 is 0 Å². The van der Waals surface area contributed by atoms with Crippen molar-refractivity contribution in [2.24, 2.45) is 0 Å². The molecule has 6 nitrogen and oxygen atoms in total. The van der Waals surface area contributed by atoms with Gasteiger partial charge in [0, 0.05) is 23.4 Å². The van der Waals surface area contributed by atoms with Gasteiger partial charge < -0.3 is 10.1 Å². The second-order valence-corrected chi connectivity index (χ2v) is 7.00. The SMILES string of the molecule is O=C(CSCc1cc(=O)n2ccsc2n1)NCCOc1ccccc1. The van der Waals surface area contributed by atoms with E-state index in [2.05, 4.69) is 10.3 Å². The van der Waals surface area contributed by atoms with Crippen LogP contribution in [0.1, 0.15) is 5.69 Å². The van der Waals surface area contributed by atoms with Crippen LogP contribution in [0.15, 0.2) is 52.8 Å². The first-order chi connectivity index (χ1) is 12.2. The molecule has 25 heavy (non-hydrogen) atoms. The molecular formula is C17H17N3O3S2. The molecule has 1 N–H and O–H groups in total. The Balaban J connectivity index is 1.36. The van der Waals surface area contributed by atoms with Gasteiger partial charge in [-0.1, -0.05) is 18.2 Å². The summed E-state index contributed by atoms with van der Waals surface area (Å²) >= 11 is 2.85. The minimum atomic E-state index is -0.0932. The van der Waals surface area contributed by atoms with Crippen LogP contribution in [0.4, 0.5) is 0 Å². The Morgan fingerprint density at radius 3 is 3.00 bits per heavy atom. The van der Waals surface area contributed by atoms with Gasteiger partial charge in [-0.05, 0) is 12.1 Å². The summed E-state index contributed by atoms with van der Waals surface area (Å²) in [7, 11) is 0. The zero-order valence-corrected chi connectivity index (χ0v) is 15.0. The zero-order valence-electron chi connectivity index (χ0n) is 13.4. The summed E-state index contributed by atoms with van der Waals surface area (Å²) in [5, 5.41) is 4.63. The molecule has 2 aromatic heterocycles. The Morgan fingerprint density at radius 1 is 1.32 bits per heavy atom. The summed E-state index contributed by atoms with van der Waals surface area (Å²) in [5.41, 5.74) is 0.599. The van der Waals surface area contributed by atoms with E-state index in [-0.39, 0.29) is 11.5 Å². The second kappa shape index (κ2) is 8.68. The van der Waals surface area contributed by atoms with Crippen molar-refractivity contribution in [2.75, 3.05) is 18.9 Å². The molecule has 0 aliphatic heterocycles. The fourth-order valence-corrected chi connectivity index (χ4v) is 3.62. The molecule has 0 saturated carbocycles. The van der Waals surface area contributed by atoms with Gasteiger partial charge in [-0.2, -0.15) is 0 Å². The second-order valence-electron chi connectivity index (χ2n) is 5.15. The highest BCUT2D eigenvalue weighted by molar-refractivity contribution is 7.99. The van der Waals surface area contributed by atoms with E-state index in [0.717, 1.165) is 5.75 Å². The Morgan fingerprint density at radius 2 is 2.16 bits per heavy atom. The van der Waals surface area contributed by atoms with Gasteiger partial charge in [0.25, 0.3) is 5.56 Å². The number of aromatic nitrogens is 2. The molecule has 3 rings (SSSR count). The van der Waals surface area contributed by atoms with E-state index in [9.17, 15) is 9.59 Å². The number of ether oxygens (including phenoxy) is 1. The fourth-order valence-electron chi connectivity index (χ4n) is 2.14. The number of carbonyl (C=O) groups is 1. The van der Waals surface area contributed by atoms with Crippen LogP contribution in [0.25, 0.3) is 4.96 Å². The fraction of sp³-hybridized carbons (Fsp3) is 0.235. The number of nitrogens with zero attached hydrogens (tertiary/aromatic N) is 2. The molecule has 0 fully saturated rings. The van der Waals surface area contributed by atoms with Crippen molar-refractivity contribution in [3.8, 4) is 5.75 Å². The quantitative estimate of drug-likeness (QED) is 0.611. The predicted octanol–water partition coefficient (Wildman–Crippen LogP) is 2.18. The van der Waals surface area contributed by atoms with Gasteiger partial charge in [-0.25, -0.2) is 4.98 Å². The summed E-state index contributed by atoms with van der Waals surface area (Å²) in [6, 6.07) is 11.0. The van der Waals surface area contributed by atoms with Crippen molar-refractivity contribution in [2.45, 2.75) is 5.75 Å². The topological polar surface area (TPSA) is 72.7 Å². The summed E-state index contributed by atoms with van der Waals surface area (Å²) in [6.45, 7) is 0.878. The van der Waals surface area contributed by atoms with Crippen molar-refractivity contribution in [1.82, 2.24) is 14.7 Å². The average Bonchev–Trinajstić information content (AvgIpc) is 3.09. The third-order valence-electron chi connectivity index (χ3n) is 3.28. The van der Waals surface area contributed by atoms with Gasteiger partial charge in [-0.3, -0.25) is 14.0 Å². The Kier molecular flexibility index (Phi) is 6.08. The molecule has 0 bridgehead atoms. The third-order valence-corrected chi connectivity index (χ3v) is 5.00. The lowest BCUT2D eigenvalue weighted by atomic mass is 10.3. The molecule has 0 saturated heterocycles. The maximum atomic E-state index is 11.9. The maximum Gasteiger partial charge on any atom is 0.258 e. The van der Waals surface area contributed by atoms with Crippen molar-refractivity contribution >= 4 is 34.0 Å². The first-order valence-corrected chi connectivity index (χ1v) is 9.74. The highest BCUT2D eigenvalue weighted by Gasteiger charge is 2.06. The molecule has 0 radical (unpaired) electrons. The van der Waals surface area contributed by atoms with Crippen molar-refractivity contribution < 1.29 is 9.53 Å². The minimum Gasteiger partial charge on any atom is -0.492 e. The van der Waals surface area contributed by atoms with Crippen molar-refractivity contribution in [3.63, 3.8) is 0 Å². The first-order valence-electron chi connectivity index (χ1n) is 7.70. The van der Waals surface area contributed by atoms with Crippen LogP contribution >= 0.6 is 23.1 Å². The van der Waals surface area contributed by atoms with E-state index in [1.165, 1.54) is 33.6 Å². The summed E-state index contributed by atoms with van der Waals surface area (Å²) in [4.78, 5) is 28.8. The molecule has 0 atom stereocenters. The molecule has 1 aromatic carbocycles. The number of benzene rings is 1. The standard InChI is InChI=1S/C17H17N3O3S2/c21-15(18-6-8-23-14-4-2-1-3-5-14)12-24-11-13-10-16(22)20-7-9-25-17(20)19-13/h1-5,7,9-10H,6,8,11-12H2,(H,18,21). The lowest BCUT2D eigenvalue weighted by Crippen LogP contribution is -2.29. The summed E-state index contributed by atoms with van der Waals surface area (Å²) in [6.07, 6.45) is 1.71. The number of hydrogen-bond acceptors (Lipinski definition) is 6. The molecule has 2 heterocycles. The number of thioether (sulfide) groups is 1. The summed E-state index contributed by atoms with van der Waals surface area (Å²) in [5.74, 6) is 1.57. The van der Waals surface area contributed by atoms with Crippen LogP contribution in [0.3, 0.4) is 0 Å². The van der Waals surface area contributed by atoms with Crippen LogP contribution < -0.4 is 15.6 Å². The molecule has 0 aliphatic rings. The number of fused-ring (bicyclic) bond motifs is 1. The lowest BCUT2D eigenvalue weighted by Gasteiger charge is -2.07. The molecule has 1 amide bonds. The minimum absolute atomic E-state index is 0.0596. The van der Waals surface area contributed by atoms with E-state index in [1.54, 1.807) is 6.20 Å². The van der Waals surface area contributed by atoms with Gasteiger partial charge in [0.15, 0.2) is 4.96 Å². The number of rotatable bonds is 8. The van der Waals surface area contributed by atoms with Crippen LogP contribution in [-0.2, 0) is 10.5 Å². The number of para-hydroxylation sites is 1. The number of hydrogen-bond donors (Lipinski definition) is 1. The number of thiazole rings is 1. The average molecular weight is 375 g/mol. The number of nitrogens with one attached hydrogen (secondary N) is 1. The van der Waals surface area contributed by atoms with Gasteiger partial charge in [0.1, 0.15) is 12.4 Å². The van der Waals surface area contributed by atoms with E-state index < -0.39 is 0 Å². The molecule has 8 heteroatoms. The van der Waals surface area contributed by atoms with E-state index in [0.29, 0.717) is 35.3 Å². The van der Waals surface area contributed by atoms with Gasteiger partial charge in [0.2, 0.25) is 5.91 Å². The Bertz CT molecular complexity index is 893.